The van der Waals surface area contributed by atoms with E-state index in [2.05, 4.69) is 55.0 Å². The zero-order valence-corrected chi connectivity index (χ0v) is 12.7. The minimum absolute atomic E-state index is 0.380. The Labute approximate surface area is 117 Å². The number of hydrogen-bond donors (Lipinski definition) is 1. The van der Waals surface area contributed by atoms with Gasteiger partial charge >= 0.3 is 0 Å². The summed E-state index contributed by atoms with van der Waals surface area (Å²) in [5, 5.41) is 3.42. The van der Waals surface area contributed by atoms with Gasteiger partial charge in [0.15, 0.2) is 0 Å². The summed E-state index contributed by atoms with van der Waals surface area (Å²) in [5.74, 6) is 1.98. The second-order valence-electron chi connectivity index (χ2n) is 5.90. The van der Waals surface area contributed by atoms with Gasteiger partial charge in [-0.1, -0.05) is 19.9 Å². The lowest BCUT2D eigenvalue weighted by molar-refractivity contribution is 0.376. The van der Waals surface area contributed by atoms with Gasteiger partial charge in [-0.3, -0.25) is 0 Å². The molecule has 0 radical (unpaired) electrons. The fourth-order valence-corrected chi connectivity index (χ4v) is 3.00. The van der Waals surface area contributed by atoms with E-state index in [9.17, 15) is 0 Å². The molecule has 1 aliphatic heterocycles. The molecule has 0 bridgehead atoms. The molecular formula is C16H27N3. The molecule has 1 aliphatic rings. The van der Waals surface area contributed by atoms with Crippen molar-refractivity contribution in [2.75, 3.05) is 18.0 Å². The molecule has 3 unspecified atom stereocenters. The van der Waals surface area contributed by atoms with Crippen molar-refractivity contribution in [3.63, 3.8) is 0 Å². The van der Waals surface area contributed by atoms with E-state index in [4.69, 9.17) is 0 Å². The third-order valence-electron chi connectivity index (χ3n) is 4.21. The summed E-state index contributed by atoms with van der Waals surface area (Å²) in [6.07, 6.45) is 4.58. The first-order chi connectivity index (χ1) is 9.11. The highest BCUT2D eigenvalue weighted by Crippen LogP contribution is 2.26. The summed E-state index contributed by atoms with van der Waals surface area (Å²) >= 11 is 0. The van der Waals surface area contributed by atoms with Crippen molar-refractivity contribution in [2.24, 2.45) is 5.92 Å². The molecule has 0 saturated carbocycles. The number of piperidine rings is 1. The van der Waals surface area contributed by atoms with Crippen LogP contribution in [-0.2, 0) is 0 Å². The van der Waals surface area contributed by atoms with Crippen molar-refractivity contribution in [2.45, 2.75) is 52.6 Å². The topological polar surface area (TPSA) is 28.2 Å². The normalized spacial score (nSPS) is 25.4. The average molecular weight is 261 g/mol. The molecule has 1 N–H and O–H groups in total. The maximum atomic E-state index is 4.67. The Morgan fingerprint density at radius 1 is 1.42 bits per heavy atom. The third kappa shape index (κ3) is 3.47. The molecule has 3 nitrogen and oxygen atoms in total. The molecule has 3 heteroatoms. The van der Waals surface area contributed by atoms with E-state index < -0.39 is 0 Å². The number of aromatic nitrogens is 1. The third-order valence-corrected chi connectivity index (χ3v) is 4.21. The smallest absolute Gasteiger partial charge is 0.128 e. The van der Waals surface area contributed by atoms with E-state index in [1.165, 1.54) is 18.4 Å². The minimum Gasteiger partial charge on any atom is -0.354 e. The van der Waals surface area contributed by atoms with Gasteiger partial charge in [0.1, 0.15) is 5.82 Å². The quantitative estimate of drug-likeness (QED) is 0.900. The Morgan fingerprint density at radius 2 is 2.21 bits per heavy atom. The first-order valence-corrected chi connectivity index (χ1v) is 7.57. The predicted octanol–water partition coefficient (Wildman–Crippen LogP) is 3.38. The van der Waals surface area contributed by atoms with Crippen LogP contribution >= 0.6 is 0 Å². The number of anilines is 1. The van der Waals surface area contributed by atoms with E-state index in [0.29, 0.717) is 12.1 Å². The first-order valence-electron chi connectivity index (χ1n) is 7.57. The van der Waals surface area contributed by atoms with E-state index >= 15 is 0 Å². The SMILES string of the molecule is CCNC(C)c1ccc(N2CCC(C)CC2C)nc1. The van der Waals surface area contributed by atoms with Crippen LogP contribution in [0.5, 0.6) is 0 Å². The molecule has 0 aromatic carbocycles. The predicted molar refractivity (Wildman–Crippen MR) is 81.5 cm³/mol. The van der Waals surface area contributed by atoms with Crippen LogP contribution in [0.25, 0.3) is 0 Å². The van der Waals surface area contributed by atoms with Gasteiger partial charge in [0.25, 0.3) is 0 Å². The Morgan fingerprint density at radius 3 is 2.79 bits per heavy atom. The van der Waals surface area contributed by atoms with E-state index in [0.717, 1.165) is 24.8 Å². The molecule has 1 fully saturated rings. The monoisotopic (exact) mass is 261 g/mol. The maximum absolute atomic E-state index is 4.67. The van der Waals surface area contributed by atoms with Crippen LogP contribution in [0.4, 0.5) is 5.82 Å². The average Bonchev–Trinajstić information content (AvgIpc) is 2.39. The first kappa shape index (κ1) is 14.3. The second kappa shape index (κ2) is 6.38. The Balaban J connectivity index is 2.05. The molecule has 2 rings (SSSR count). The summed E-state index contributed by atoms with van der Waals surface area (Å²) in [5.41, 5.74) is 1.27. The maximum Gasteiger partial charge on any atom is 0.128 e. The van der Waals surface area contributed by atoms with E-state index in [1.807, 2.05) is 6.20 Å². The molecule has 0 aliphatic carbocycles. The van der Waals surface area contributed by atoms with Gasteiger partial charge in [0.2, 0.25) is 0 Å². The molecule has 1 aromatic heterocycles. The van der Waals surface area contributed by atoms with Gasteiger partial charge < -0.3 is 10.2 Å². The standard InChI is InChI=1S/C16H27N3/c1-5-17-14(4)15-6-7-16(18-11-15)19-9-8-12(2)10-13(19)3/h6-7,11-14,17H,5,8-10H2,1-4H3. The molecule has 0 amide bonds. The molecule has 0 spiro atoms. The summed E-state index contributed by atoms with van der Waals surface area (Å²) in [4.78, 5) is 7.11. The Kier molecular flexibility index (Phi) is 4.81. The molecule has 106 valence electrons. The van der Waals surface area contributed by atoms with Gasteiger partial charge in [-0.15, -0.1) is 0 Å². The van der Waals surface area contributed by atoms with Gasteiger partial charge in [0, 0.05) is 24.8 Å². The van der Waals surface area contributed by atoms with Crippen molar-refractivity contribution in [3.8, 4) is 0 Å². The lowest BCUT2D eigenvalue weighted by Crippen LogP contribution is -2.40. The fraction of sp³-hybridized carbons (Fsp3) is 0.688. The van der Waals surface area contributed by atoms with Crippen LogP contribution in [0.1, 0.15) is 52.1 Å². The minimum atomic E-state index is 0.380. The van der Waals surface area contributed by atoms with Crippen LogP contribution in [-0.4, -0.2) is 24.1 Å². The van der Waals surface area contributed by atoms with Gasteiger partial charge in [-0.25, -0.2) is 4.98 Å². The zero-order valence-electron chi connectivity index (χ0n) is 12.7. The fourth-order valence-electron chi connectivity index (χ4n) is 3.00. The molecule has 1 aromatic rings. The van der Waals surface area contributed by atoms with Crippen molar-refractivity contribution < 1.29 is 0 Å². The molecule has 3 atom stereocenters. The van der Waals surface area contributed by atoms with Crippen molar-refractivity contribution in [1.29, 1.82) is 0 Å². The number of rotatable bonds is 4. The highest BCUT2D eigenvalue weighted by Gasteiger charge is 2.23. The number of nitrogens with zero attached hydrogens (tertiary/aromatic N) is 2. The van der Waals surface area contributed by atoms with Crippen LogP contribution in [0.3, 0.4) is 0 Å². The van der Waals surface area contributed by atoms with Gasteiger partial charge in [-0.2, -0.15) is 0 Å². The Bertz CT molecular complexity index is 387. The summed E-state index contributed by atoms with van der Waals surface area (Å²) in [7, 11) is 0. The number of pyridine rings is 1. The summed E-state index contributed by atoms with van der Waals surface area (Å²) in [6.45, 7) is 11.1. The molecule has 19 heavy (non-hydrogen) atoms. The van der Waals surface area contributed by atoms with Crippen molar-refractivity contribution >= 4 is 5.82 Å². The van der Waals surface area contributed by atoms with Crippen molar-refractivity contribution in [1.82, 2.24) is 10.3 Å². The van der Waals surface area contributed by atoms with Crippen LogP contribution in [0, 0.1) is 5.92 Å². The van der Waals surface area contributed by atoms with E-state index in [-0.39, 0.29) is 0 Å². The molecule has 2 heterocycles. The van der Waals surface area contributed by atoms with Crippen LogP contribution < -0.4 is 10.2 Å². The summed E-state index contributed by atoms with van der Waals surface area (Å²) < 4.78 is 0. The van der Waals surface area contributed by atoms with Gasteiger partial charge in [-0.05, 0) is 50.8 Å². The lowest BCUT2D eigenvalue weighted by atomic mass is 9.93. The Hall–Kier alpha value is -1.09. The molecular weight excluding hydrogens is 234 g/mol. The lowest BCUT2D eigenvalue weighted by Gasteiger charge is -2.37. The summed E-state index contributed by atoms with van der Waals surface area (Å²) in [6, 6.07) is 5.37. The largest absolute Gasteiger partial charge is 0.354 e. The van der Waals surface area contributed by atoms with Gasteiger partial charge in [0.05, 0.1) is 0 Å². The zero-order chi connectivity index (χ0) is 13.8. The number of hydrogen-bond acceptors (Lipinski definition) is 3. The van der Waals surface area contributed by atoms with Crippen molar-refractivity contribution in [3.05, 3.63) is 23.9 Å². The highest BCUT2D eigenvalue weighted by molar-refractivity contribution is 5.41. The number of nitrogens with one attached hydrogen (secondary N) is 1. The molecule has 1 saturated heterocycles. The second-order valence-corrected chi connectivity index (χ2v) is 5.90. The van der Waals surface area contributed by atoms with Crippen LogP contribution in [0.2, 0.25) is 0 Å². The highest BCUT2D eigenvalue weighted by atomic mass is 15.2. The van der Waals surface area contributed by atoms with E-state index in [1.54, 1.807) is 0 Å². The van der Waals surface area contributed by atoms with Crippen LogP contribution in [0.15, 0.2) is 18.3 Å².